The molecule has 0 fully saturated rings. The van der Waals surface area contributed by atoms with Crippen LogP contribution in [0.4, 0.5) is 0 Å². The lowest BCUT2D eigenvalue weighted by atomic mass is 10.0. The zero-order valence-corrected chi connectivity index (χ0v) is 35.1. The number of thioether (sulfide) groups is 2. The number of hydrogen-bond acceptors (Lipinski definition) is 4. The molecule has 12 heteroatoms. The lowest BCUT2D eigenvalue weighted by Crippen LogP contribution is -1.94. The molecule has 0 saturated carbocycles. The molecule has 6 N–H and O–H groups in total. The topological polar surface area (TPSA) is 121 Å². The van der Waals surface area contributed by atoms with Gasteiger partial charge in [-0.05, 0) is 54.9 Å². The molecular weight excluding hydrogens is 695 g/mol. The van der Waals surface area contributed by atoms with Gasteiger partial charge in [0, 0.05) is 4.58 Å². The van der Waals surface area contributed by atoms with E-state index in [1.165, 1.54) is 191 Å². The van der Waals surface area contributed by atoms with E-state index in [1.807, 2.05) is 0 Å². The molecule has 0 radical (unpaired) electrons. The zero-order valence-electron chi connectivity index (χ0n) is 30.0. The summed E-state index contributed by atoms with van der Waals surface area (Å²) in [7, 11) is 0. The summed E-state index contributed by atoms with van der Waals surface area (Å²) in [6.07, 6.45) is 41.0. The lowest BCUT2D eigenvalue weighted by Gasteiger charge is -2.11. The van der Waals surface area contributed by atoms with E-state index in [-0.39, 0.29) is 0 Å². The maximum Gasteiger partial charge on any atom is 0.319 e. The first-order valence-electron chi connectivity index (χ1n) is 18.6. The maximum absolute atomic E-state index is 7.56. The van der Waals surface area contributed by atoms with Crippen LogP contribution in [0.5, 0.6) is 0 Å². The van der Waals surface area contributed by atoms with Crippen molar-refractivity contribution in [2.75, 3.05) is 11.5 Å². The SMILES string of the molecule is CCCCCCCCCCCCCCCCSC(C)SCCCCCCCCCCCCCCCC.OP(O)(O)=S.OP(O)(O)=S. The maximum atomic E-state index is 7.56. The van der Waals surface area contributed by atoms with Gasteiger partial charge in [-0.25, -0.2) is 0 Å². The molecule has 0 aliphatic rings. The van der Waals surface area contributed by atoms with Crippen molar-refractivity contribution in [3.8, 4) is 0 Å². The van der Waals surface area contributed by atoms with Gasteiger partial charge in [-0.15, -0.1) is 23.5 Å². The van der Waals surface area contributed by atoms with Gasteiger partial charge >= 0.3 is 13.4 Å². The van der Waals surface area contributed by atoms with Crippen LogP contribution in [-0.4, -0.2) is 45.4 Å². The fraction of sp³-hybridized carbons (Fsp3) is 1.00. The number of unbranched alkanes of at least 4 members (excludes halogenated alkanes) is 26. The van der Waals surface area contributed by atoms with Crippen molar-refractivity contribution in [2.24, 2.45) is 0 Å². The molecule has 0 heterocycles. The lowest BCUT2D eigenvalue weighted by molar-refractivity contribution is 0.361. The molecule has 0 bridgehead atoms. The summed E-state index contributed by atoms with van der Waals surface area (Å²) in [6, 6.07) is 0. The molecule has 0 rings (SSSR count). The molecule has 282 valence electrons. The summed E-state index contributed by atoms with van der Waals surface area (Å²) >= 11 is 11.6. The summed E-state index contributed by atoms with van der Waals surface area (Å²) < 4.78 is 0.800. The Morgan fingerprint density at radius 1 is 0.370 bits per heavy atom. The van der Waals surface area contributed by atoms with Crippen LogP contribution in [0.25, 0.3) is 0 Å². The highest BCUT2D eigenvalue weighted by Gasteiger charge is 2.03. The van der Waals surface area contributed by atoms with Crippen molar-refractivity contribution >= 4 is 60.6 Å². The van der Waals surface area contributed by atoms with Gasteiger partial charge in [-0.1, -0.05) is 181 Å². The summed E-state index contributed by atoms with van der Waals surface area (Å²) in [4.78, 5) is 45.3. The standard InChI is InChI=1S/C34H70S2.2H3O3PS/c1-4-6-8-10-12-14-16-18-20-22-24-26-28-30-32-35-34(3)36-33-31-29-27-25-23-21-19-17-15-13-11-9-7-5-2;2*1-4(2,3)5/h34H,4-33H2,1-3H3;2*(H3,1,2,3,5). The average molecular weight is 771 g/mol. The Morgan fingerprint density at radius 2 is 0.522 bits per heavy atom. The van der Waals surface area contributed by atoms with Gasteiger partial charge in [0.1, 0.15) is 0 Å². The third kappa shape index (κ3) is 71.7. The van der Waals surface area contributed by atoms with Crippen molar-refractivity contribution in [3.63, 3.8) is 0 Å². The Hall–Kier alpha value is 1.76. The molecule has 0 aliphatic carbocycles. The van der Waals surface area contributed by atoms with Crippen molar-refractivity contribution in [1.29, 1.82) is 0 Å². The van der Waals surface area contributed by atoms with Crippen LogP contribution in [0.2, 0.25) is 0 Å². The molecule has 0 saturated heterocycles. The van der Waals surface area contributed by atoms with Gasteiger partial charge in [-0.3, -0.25) is 0 Å². The van der Waals surface area contributed by atoms with E-state index in [0.717, 1.165) is 4.58 Å². The fourth-order valence-corrected chi connectivity index (χ4v) is 7.51. The highest BCUT2D eigenvalue weighted by molar-refractivity contribution is 8.16. The third-order valence-corrected chi connectivity index (χ3v) is 10.5. The number of hydrogen-bond donors (Lipinski definition) is 6. The van der Waals surface area contributed by atoms with Crippen molar-refractivity contribution in [2.45, 2.75) is 205 Å². The van der Waals surface area contributed by atoms with E-state index in [4.69, 9.17) is 29.4 Å². The van der Waals surface area contributed by atoms with E-state index in [2.05, 4.69) is 67.9 Å². The summed E-state index contributed by atoms with van der Waals surface area (Å²) in [6.45, 7) is -0.565. The van der Waals surface area contributed by atoms with Crippen molar-refractivity contribution < 1.29 is 29.4 Å². The average Bonchev–Trinajstić information content (AvgIpc) is 2.95. The second-order valence-corrected chi connectivity index (χ2v) is 20.7. The van der Waals surface area contributed by atoms with Crippen molar-refractivity contribution in [1.82, 2.24) is 0 Å². The van der Waals surface area contributed by atoms with Crippen molar-refractivity contribution in [3.05, 3.63) is 0 Å². The molecule has 46 heavy (non-hydrogen) atoms. The summed E-state index contributed by atoms with van der Waals surface area (Å²) in [5.41, 5.74) is 0. The highest BCUT2D eigenvalue weighted by Crippen LogP contribution is 2.27. The van der Waals surface area contributed by atoms with Crippen LogP contribution in [0.1, 0.15) is 201 Å². The second kappa shape index (κ2) is 41.2. The molecule has 0 aromatic rings. The Morgan fingerprint density at radius 3 is 0.696 bits per heavy atom. The normalized spacial score (nSPS) is 11.7. The Kier molecular flexibility index (Phi) is 46.7. The first-order chi connectivity index (χ1) is 21.8. The quantitative estimate of drug-likeness (QED) is 0.0224. The smallest absolute Gasteiger partial charge is 0.319 e. The van der Waals surface area contributed by atoms with Crippen LogP contribution in [0.15, 0.2) is 0 Å². The third-order valence-electron chi connectivity index (χ3n) is 7.70. The van der Waals surface area contributed by atoms with Gasteiger partial charge in [0.15, 0.2) is 0 Å². The minimum Gasteiger partial charge on any atom is -0.325 e. The molecule has 0 unspecified atom stereocenters. The predicted molar refractivity (Wildman–Crippen MR) is 217 cm³/mol. The molecule has 0 spiro atoms. The van der Waals surface area contributed by atoms with E-state index in [9.17, 15) is 0 Å². The van der Waals surface area contributed by atoms with Crippen LogP contribution in [0.3, 0.4) is 0 Å². The van der Waals surface area contributed by atoms with Gasteiger partial charge in [0.05, 0.1) is 0 Å². The van der Waals surface area contributed by atoms with E-state index in [1.54, 1.807) is 0 Å². The first kappa shape index (κ1) is 52.1. The molecule has 0 aliphatic heterocycles. The monoisotopic (exact) mass is 770 g/mol. The predicted octanol–water partition coefficient (Wildman–Crippen LogP) is 12.1. The highest BCUT2D eigenvalue weighted by atomic mass is 32.5. The van der Waals surface area contributed by atoms with Gasteiger partial charge in [0.2, 0.25) is 0 Å². The Balaban J connectivity index is -0.00000159. The van der Waals surface area contributed by atoms with Crippen LogP contribution in [0, 0.1) is 0 Å². The fourth-order valence-electron chi connectivity index (χ4n) is 5.14. The molecule has 0 aromatic heterocycles. The minimum atomic E-state index is -3.81. The molecular formula is C34H76O6P2S4. The molecule has 0 amide bonds. The summed E-state index contributed by atoms with van der Waals surface area (Å²) in [5.74, 6) is 2.76. The zero-order chi connectivity index (χ0) is 35.2. The molecule has 6 nitrogen and oxygen atoms in total. The van der Waals surface area contributed by atoms with Crippen LogP contribution in [-0.2, 0) is 23.6 Å². The van der Waals surface area contributed by atoms with Gasteiger partial charge < -0.3 is 29.4 Å². The van der Waals surface area contributed by atoms with Gasteiger partial charge in [-0.2, -0.15) is 0 Å². The van der Waals surface area contributed by atoms with E-state index < -0.39 is 13.4 Å². The van der Waals surface area contributed by atoms with E-state index >= 15 is 0 Å². The first-order valence-corrected chi connectivity index (χ1v) is 26.0. The largest absolute Gasteiger partial charge is 0.325 e. The van der Waals surface area contributed by atoms with E-state index in [0.29, 0.717) is 0 Å². The van der Waals surface area contributed by atoms with Crippen LogP contribution >= 0.6 is 37.0 Å². The molecule has 0 aromatic carbocycles. The summed E-state index contributed by atoms with van der Waals surface area (Å²) in [5, 5.41) is 0. The Bertz CT molecular complexity index is 597. The molecule has 0 atom stereocenters. The Labute approximate surface area is 305 Å². The number of rotatable bonds is 32. The van der Waals surface area contributed by atoms with Gasteiger partial charge in [0.25, 0.3) is 0 Å². The van der Waals surface area contributed by atoms with Crippen LogP contribution < -0.4 is 0 Å². The second-order valence-electron chi connectivity index (χ2n) is 12.5. The minimum absolute atomic E-state index is 0.800.